The number of benzene rings is 1. The van der Waals surface area contributed by atoms with Gasteiger partial charge in [0.2, 0.25) is 0 Å². The Hall–Kier alpha value is -1.55. The third-order valence-electron chi connectivity index (χ3n) is 3.79. The van der Waals surface area contributed by atoms with Crippen molar-refractivity contribution in [3.05, 3.63) is 35.9 Å². The molecule has 4 heteroatoms. The van der Waals surface area contributed by atoms with Crippen molar-refractivity contribution in [1.82, 2.24) is 5.32 Å². The van der Waals surface area contributed by atoms with Crippen LogP contribution >= 0.6 is 0 Å². The van der Waals surface area contributed by atoms with Crippen LogP contribution in [0.1, 0.15) is 51.5 Å². The fourth-order valence-electron chi connectivity index (χ4n) is 2.40. The molecule has 0 amide bonds. The fourth-order valence-corrected chi connectivity index (χ4v) is 2.40. The van der Waals surface area contributed by atoms with Gasteiger partial charge in [-0.05, 0) is 24.8 Å². The molecule has 0 heterocycles. The van der Waals surface area contributed by atoms with E-state index in [0.29, 0.717) is 18.5 Å². The summed E-state index contributed by atoms with van der Waals surface area (Å²) in [5.74, 6) is 1.21. The molecule has 0 spiro atoms. The summed E-state index contributed by atoms with van der Waals surface area (Å²) in [6.07, 6.45) is 3.53. The molecule has 0 saturated carbocycles. The second-order valence-electron chi connectivity index (χ2n) is 6.39. The predicted molar refractivity (Wildman–Crippen MR) is 94.0 cm³/mol. The summed E-state index contributed by atoms with van der Waals surface area (Å²) in [5.41, 5.74) is 7.03. The van der Waals surface area contributed by atoms with E-state index in [2.05, 4.69) is 31.1 Å². The first kappa shape index (κ1) is 18.5. The fraction of sp³-hybridized carbons (Fsp3) is 0.611. The molecule has 124 valence electrons. The van der Waals surface area contributed by atoms with Crippen LogP contribution < -0.4 is 11.1 Å². The van der Waals surface area contributed by atoms with Crippen LogP contribution in [0.15, 0.2) is 35.3 Å². The molecule has 0 aliphatic carbocycles. The Morgan fingerprint density at radius 3 is 2.45 bits per heavy atom. The quantitative estimate of drug-likeness (QED) is 0.485. The van der Waals surface area contributed by atoms with Crippen molar-refractivity contribution < 1.29 is 5.11 Å². The third kappa shape index (κ3) is 7.46. The van der Waals surface area contributed by atoms with Gasteiger partial charge in [0.05, 0.1) is 13.2 Å². The molecule has 1 aromatic carbocycles. The molecule has 0 aromatic heterocycles. The summed E-state index contributed by atoms with van der Waals surface area (Å²) in [6, 6.07) is 10.3. The van der Waals surface area contributed by atoms with Gasteiger partial charge in [-0.15, -0.1) is 0 Å². The van der Waals surface area contributed by atoms with Gasteiger partial charge in [0.15, 0.2) is 5.96 Å². The monoisotopic (exact) mass is 305 g/mol. The van der Waals surface area contributed by atoms with Gasteiger partial charge in [0, 0.05) is 12.0 Å². The molecule has 0 saturated heterocycles. The van der Waals surface area contributed by atoms with Gasteiger partial charge in [-0.3, -0.25) is 4.99 Å². The number of nitrogens with two attached hydrogens (primary N) is 1. The molecule has 0 aliphatic rings. The summed E-state index contributed by atoms with van der Waals surface area (Å²) in [5, 5.41) is 12.7. The smallest absolute Gasteiger partial charge is 0.188 e. The number of aliphatic hydroxyl groups is 1. The minimum atomic E-state index is -0.00204. The van der Waals surface area contributed by atoms with Crippen molar-refractivity contribution in [2.24, 2.45) is 16.6 Å². The molecule has 0 bridgehead atoms. The van der Waals surface area contributed by atoms with Crippen molar-refractivity contribution in [3.8, 4) is 0 Å². The Balaban J connectivity index is 2.40. The molecule has 0 aliphatic heterocycles. The molecule has 4 N–H and O–H groups in total. The molecule has 1 rings (SSSR count). The Bertz CT molecular complexity index is 431. The number of guanidine groups is 1. The molecule has 2 unspecified atom stereocenters. The average Bonchev–Trinajstić information content (AvgIpc) is 2.48. The van der Waals surface area contributed by atoms with Gasteiger partial charge in [-0.2, -0.15) is 0 Å². The zero-order valence-electron chi connectivity index (χ0n) is 14.1. The molecule has 2 atom stereocenters. The number of hydrogen-bond acceptors (Lipinski definition) is 2. The maximum absolute atomic E-state index is 9.51. The second kappa shape index (κ2) is 10.2. The maximum atomic E-state index is 9.51. The highest BCUT2D eigenvalue weighted by molar-refractivity contribution is 5.78. The third-order valence-corrected chi connectivity index (χ3v) is 3.79. The number of rotatable bonds is 9. The average molecular weight is 305 g/mol. The molecule has 0 fully saturated rings. The van der Waals surface area contributed by atoms with Crippen molar-refractivity contribution in [3.63, 3.8) is 0 Å². The lowest BCUT2D eigenvalue weighted by molar-refractivity contribution is 0.268. The zero-order chi connectivity index (χ0) is 16.4. The van der Waals surface area contributed by atoms with Crippen LogP contribution in [-0.4, -0.2) is 30.3 Å². The van der Waals surface area contributed by atoms with Crippen molar-refractivity contribution in [2.75, 3.05) is 13.2 Å². The van der Waals surface area contributed by atoms with Crippen molar-refractivity contribution in [2.45, 2.75) is 52.0 Å². The summed E-state index contributed by atoms with van der Waals surface area (Å²) in [4.78, 5) is 4.38. The molecule has 4 nitrogen and oxygen atoms in total. The minimum Gasteiger partial charge on any atom is -0.396 e. The van der Waals surface area contributed by atoms with Crippen LogP contribution in [0.3, 0.4) is 0 Å². The van der Waals surface area contributed by atoms with Crippen molar-refractivity contribution >= 4 is 5.96 Å². The zero-order valence-corrected chi connectivity index (χ0v) is 14.1. The van der Waals surface area contributed by atoms with Crippen LogP contribution in [-0.2, 0) is 0 Å². The molecular formula is C18H31N3O. The number of nitrogens with one attached hydrogen (secondary N) is 1. The summed E-state index contributed by atoms with van der Waals surface area (Å²) >= 11 is 0. The van der Waals surface area contributed by atoms with E-state index in [9.17, 15) is 5.11 Å². The van der Waals surface area contributed by atoms with Crippen LogP contribution in [0.25, 0.3) is 0 Å². The standard InChI is InChI=1S/C18H31N3O/c1-14(2)8-7-9-15(3)21-18(19)20-12-17(13-22)16-10-5-4-6-11-16/h4-6,10-11,14-15,17,22H,7-9,12-13H2,1-3H3,(H3,19,20,21). The van der Waals surface area contributed by atoms with Crippen LogP contribution in [0, 0.1) is 5.92 Å². The Labute approximate surface area is 134 Å². The Kier molecular flexibility index (Phi) is 8.60. The van der Waals surface area contributed by atoms with E-state index < -0.39 is 0 Å². The van der Waals surface area contributed by atoms with Gasteiger partial charge >= 0.3 is 0 Å². The predicted octanol–water partition coefficient (Wildman–Crippen LogP) is 2.88. The van der Waals surface area contributed by atoms with Crippen molar-refractivity contribution in [1.29, 1.82) is 0 Å². The molecule has 1 aromatic rings. The van der Waals surface area contributed by atoms with Gasteiger partial charge in [0.25, 0.3) is 0 Å². The first-order valence-electron chi connectivity index (χ1n) is 8.25. The van der Waals surface area contributed by atoms with E-state index in [1.807, 2.05) is 30.3 Å². The van der Waals surface area contributed by atoms with E-state index in [1.165, 1.54) is 12.8 Å². The number of aliphatic hydroxyl groups excluding tert-OH is 1. The van der Waals surface area contributed by atoms with E-state index in [4.69, 9.17) is 5.73 Å². The van der Waals surface area contributed by atoms with E-state index in [-0.39, 0.29) is 12.5 Å². The van der Waals surface area contributed by atoms with Gasteiger partial charge < -0.3 is 16.2 Å². The van der Waals surface area contributed by atoms with E-state index >= 15 is 0 Å². The summed E-state index contributed by atoms with van der Waals surface area (Å²) in [7, 11) is 0. The first-order chi connectivity index (χ1) is 10.5. The lowest BCUT2D eigenvalue weighted by atomic mass is 10.0. The largest absolute Gasteiger partial charge is 0.396 e. The number of nitrogens with zero attached hydrogens (tertiary/aromatic N) is 1. The maximum Gasteiger partial charge on any atom is 0.188 e. The second-order valence-corrected chi connectivity index (χ2v) is 6.39. The van der Waals surface area contributed by atoms with E-state index in [0.717, 1.165) is 17.9 Å². The highest BCUT2D eigenvalue weighted by atomic mass is 16.3. The highest BCUT2D eigenvalue weighted by Crippen LogP contribution is 2.15. The Morgan fingerprint density at radius 2 is 1.86 bits per heavy atom. The molecule has 22 heavy (non-hydrogen) atoms. The molecular weight excluding hydrogens is 274 g/mol. The summed E-state index contributed by atoms with van der Waals surface area (Å²) in [6.45, 7) is 7.19. The minimum absolute atomic E-state index is 0.00204. The van der Waals surface area contributed by atoms with Crippen LogP contribution in [0.2, 0.25) is 0 Å². The van der Waals surface area contributed by atoms with Gasteiger partial charge in [0.1, 0.15) is 0 Å². The normalized spacial score (nSPS) is 14.9. The lowest BCUT2D eigenvalue weighted by Gasteiger charge is -2.16. The van der Waals surface area contributed by atoms with Gasteiger partial charge in [-0.25, -0.2) is 0 Å². The van der Waals surface area contributed by atoms with E-state index in [1.54, 1.807) is 0 Å². The van der Waals surface area contributed by atoms with Gasteiger partial charge in [-0.1, -0.05) is 57.0 Å². The topological polar surface area (TPSA) is 70.6 Å². The highest BCUT2D eigenvalue weighted by Gasteiger charge is 2.10. The first-order valence-corrected chi connectivity index (χ1v) is 8.25. The summed E-state index contributed by atoms with van der Waals surface area (Å²) < 4.78 is 0. The molecule has 0 radical (unpaired) electrons. The van der Waals surface area contributed by atoms with Crippen LogP contribution in [0.5, 0.6) is 0 Å². The SMILES string of the molecule is CC(C)CCCC(C)NC(N)=NCC(CO)c1ccccc1. The lowest BCUT2D eigenvalue weighted by Crippen LogP contribution is -2.38. The number of hydrogen-bond donors (Lipinski definition) is 3. The van der Waals surface area contributed by atoms with Crippen LogP contribution in [0.4, 0.5) is 0 Å². The Morgan fingerprint density at radius 1 is 1.18 bits per heavy atom. The number of aliphatic imine (C=N–C) groups is 1.